The number of ether oxygens (including phenoxy) is 1. The van der Waals surface area contributed by atoms with Crippen molar-refractivity contribution in [2.45, 2.75) is 107 Å². The smallest absolute Gasteiger partial charge is 0.255 e. The van der Waals surface area contributed by atoms with Crippen molar-refractivity contribution in [3.63, 3.8) is 0 Å². The molecule has 4 aliphatic heterocycles. The van der Waals surface area contributed by atoms with Crippen molar-refractivity contribution in [1.82, 2.24) is 19.4 Å². The van der Waals surface area contributed by atoms with Crippen molar-refractivity contribution in [2.75, 3.05) is 26.2 Å². The molecule has 0 radical (unpaired) electrons. The number of rotatable bonds is 7. The van der Waals surface area contributed by atoms with E-state index in [9.17, 15) is 22.8 Å². The fraction of sp³-hybridized carbons (Fsp3) is 0.719. The van der Waals surface area contributed by atoms with Gasteiger partial charge in [-0.15, -0.1) is 0 Å². The number of fused-ring (bicyclic) bond motifs is 1. The van der Waals surface area contributed by atoms with Crippen molar-refractivity contribution in [1.29, 1.82) is 0 Å². The van der Waals surface area contributed by atoms with Gasteiger partial charge in [0.15, 0.2) is 0 Å². The lowest BCUT2D eigenvalue weighted by Gasteiger charge is -2.52. The molecule has 1 aromatic carbocycles. The number of hydrogen-bond acceptors (Lipinski definition) is 7. The zero-order valence-electron chi connectivity index (χ0n) is 25.1. The topological polar surface area (TPSA) is 116 Å². The fourth-order valence-corrected chi connectivity index (χ4v) is 10.5. The molecule has 0 spiro atoms. The monoisotopic (exact) mass is 612 g/mol. The summed E-state index contributed by atoms with van der Waals surface area (Å²) in [5.74, 6) is 1.12. The summed E-state index contributed by atoms with van der Waals surface area (Å²) in [5.41, 5.74) is 1.46. The number of piperidine rings is 2. The predicted octanol–water partition coefficient (Wildman–Crippen LogP) is 3.05. The third-order valence-corrected chi connectivity index (χ3v) is 14.1. The fourth-order valence-electron chi connectivity index (χ4n) is 8.38. The van der Waals surface area contributed by atoms with E-state index in [1.165, 1.54) is 6.42 Å². The summed E-state index contributed by atoms with van der Waals surface area (Å²) in [6, 6.07) is 5.39. The Kier molecular flexibility index (Phi) is 7.57. The van der Waals surface area contributed by atoms with Crippen LogP contribution in [-0.4, -0.2) is 89.4 Å². The summed E-state index contributed by atoms with van der Waals surface area (Å²) in [6.07, 6.45) is 9.65. The lowest BCUT2D eigenvalue weighted by molar-refractivity contribution is -0.136. The Hall–Kier alpha value is -2.50. The van der Waals surface area contributed by atoms with Gasteiger partial charge in [-0.05, 0) is 93.9 Å². The van der Waals surface area contributed by atoms with Crippen LogP contribution in [0.3, 0.4) is 0 Å². The number of sulfonamides is 1. The molecule has 1 unspecified atom stereocenters. The first-order chi connectivity index (χ1) is 20.6. The van der Waals surface area contributed by atoms with E-state index < -0.39 is 26.7 Å². The van der Waals surface area contributed by atoms with Crippen molar-refractivity contribution >= 4 is 27.7 Å². The quantitative estimate of drug-likeness (QED) is 0.471. The first-order valence-electron chi connectivity index (χ1n) is 16.3. The van der Waals surface area contributed by atoms with Crippen LogP contribution in [0.15, 0.2) is 18.2 Å². The highest BCUT2D eigenvalue weighted by Gasteiger charge is 2.49. The van der Waals surface area contributed by atoms with Crippen LogP contribution in [0.5, 0.6) is 5.75 Å². The first kappa shape index (κ1) is 29.2. The highest BCUT2D eigenvalue weighted by molar-refractivity contribution is 7.90. The van der Waals surface area contributed by atoms with E-state index >= 15 is 0 Å². The van der Waals surface area contributed by atoms with Gasteiger partial charge >= 0.3 is 0 Å². The minimum absolute atomic E-state index is 0.0892. The second-order valence-corrected chi connectivity index (χ2v) is 16.4. The summed E-state index contributed by atoms with van der Waals surface area (Å²) in [6.45, 7) is 5.70. The van der Waals surface area contributed by atoms with E-state index in [1.807, 2.05) is 25.1 Å². The van der Waals surface area contributed by atoms with Gasteiger partial charge in [0, 0.05) is 50.7 Å². The molecule has 10 nitrogen and oxygen atoms in total. The van der Waals surface area contributed by atoms with Gasteiger partial charge < -0.3 is 9.64 Å². The predicted molar refractivity (Wildman–Crippen MR) is 160 cm³/mol. The van der Waals surface area contributed by atoms with Gasteiger partial charge in [-0.2, -0.15) is 0 Å². The second kappa shape index (κ2) is 11.1. The molecular formula is C32H44N4O6S. The molecule has 11 heteroatoms. The zero-order chi connectivity index (χ0) is 29.9. The van der Waals surface area contributed by atoms with Gasteiger partial charge in [-0.25, -0.2) is 12.7 Å². The van der Waals surface area contributed by atoms with Crippen LogP contribution in [-0.2, 0) is 26.2 Å². The third-order valence-electron chi connectivity index (χ3n) is 11.4. The van der Waals surface area contributed by atoms with Crippen LogP contribution >= 0.6 is 0 Å². The van der Waals surface area contributed by atoms with Crippen molar-refractivity contribution in [3.05, 3.63) is 29.3 Å². The van der Waals surface area contributed by atoms with Crippen molar-refractivity contribution in [2.24, 2.45) is 11.8 Å². The molecular weight excluding hydrogens is 568 g/mol. The maximum Gasteiger partial charge on any atom is 0.255 e. The van der Waals surface area contributed by atoms with Gasteiger partial charge in [0.25, 0.3) is 5.91 Å². The Morgan fingerprint density at radius 1 is 0.930 bits per heavy atom. The number of hydrogen-bond donors (Lipinski definition) is 1. The van der Waals surface area contributed by atoms with Gasteiger partial charge in [0.05, 0.1) is 4.75 Å². The van der Waals surface area contributed by atoms with Crippen LogP contribution < -0.4 is 10.1 Å². The SMILES string of the molecule is CC1(S(=O)(=O)N2CCC(C3CN([C@H]4CCCC[C@@H]4Oc4ccc5c(c4)CN(C4CCC(=O)NC4=O)C5=O)C3)CC2)CCC1. The average Bonchev–Trinajstić information content (AvgIpc) is 3.27. The number of amides is 3. The minimum atomic E-state index is -3.19. The zero-order valence-corrected chi connectivity index (χ0v) is 25.9. The standard InChI is InChI=1S/C32H44N4O6S/c1-32(13-4-14-32)43(40,41)35-15-11-21(12-16-35)23-18-34(19-23)26-5-2-3-6-28(26)42-24-7-8-25-22(17-24)20-36(31(25)39)27-9-10-29(37)33-30(27)38/h7-8,17,21,23,26-28H,2-6,9-16,18-20H2,1H3,(H,33,37,38)/t26-,27?,28-/m0/s1. The van der Waals surface area contributed by atoms with Crippen LogP contribution in [0.4, 0.5) is 0 Å². The molecule has 3 saturated heterocycles. The number of carbonyl (C=O) groups excluding carboxylic acids is 3. The largest absolute Gasteiger partial charge is 0.489 e. The second-order valence-electron chi connectivity index (χ2n) is 14.0. The number of nitrogens with one attached hydrogen (secondary N) is 1. The maximum absolute atomic E-state index is 13.1. The number of likely N-dealkylation sites (tertiary alicyclic amines) is 1. The number of nitrogens with zero attached hydrogens (tertiary/aromatic N) is 3. The first-order valence-corrected chi connectivity index (χ1v) is 17.7. The molecule has 2 saturated carbocycles. The molecule has 5 fully saturated rings. The molecule has 6 aliphatic rings. The lowest BCUT2D eigenvalue weighted by atomic mass is 9.78. The molecule has 0 bridgehead atoms. The molecule has 3 atom stereocenters. The molecule has 2 aliphatic carbocycles. The molecule has 3 amide bonds. The van der Waals surface area contributed by atoms with E-state index in [1.54, 1.807) is 9.21 Å². The van der Waals surface area contributed by atoms with Gasteiger partial charge in [-0.1, -0.05) is 12.8 Å². The van der Waals surface area contributed by atoms with Gasteiger partial charge in [0.1, 0.15) is 17.9 Å². The minimum Gasteiger partial charge on any atom is -0.489 e. The average molecular weight is 613 g/mol. The summed E-state index contributed by atoms with van der Waals surface area (Å²) in [5, 5.41) is 2.36. The Balaban J connectivity index is 0.938. The highest BCUT2D eigenvalue weighted by atomic mass is 32.2. The lowest BCUT2D eigenvalue weighted by Crippen LogP contribution is -2.60. The Morgan fingerprint density at radius 3 is 2.37 bits per heavy atom. The molecule has 1 N–H and O–H groups in total. The van der Waals surface area contributed by atoms with E-state index in [2.05, 4.69) is 10.2 Å². The van der Waals surface area contributed by atoms with Crippen LogP contribution in [0.25, 0.3) is 0 Å². The number of imide groups is 1. The van der Waals surface area contributed by atoms with E-state index in [4.69, 9.17) is 4.74 Å². The highest BCUT2D eigenvalue weighted by Crippen LogP contribution is 2.43. The van der Waals surface area contributed by atoms with Crippen LogP contribution in [0.2, 0.25) is 0 Å². The number of carbonyl (C=O) groups is 3. The molecule has 43 heavy (non-hydrogen) atoms. The molecule has 4 heterocycles. The molecule has 234 valence electrons. The van der Waals surface area contributed by atoms with Gasteiger partial charge in [0.2, 0.25) is 21.8 Å². The summed E-state index contributed by atoms with van der Waals surface area (Å²) in [4.78, 5) is 41.2. The molecule has 0 aromatic heterocycles. The van der Waals surface area contributed by atoms with Gasteiger partial charge in [-0.3, -0.25) is 24.6 Å². The summed E-state index contributed by atoms with van der Waals surface area (Å²) >= 11 is 0. The van der Waals surface area contributed by atoms with E-state index in [-0.39, 0.29) is 24.3 Å². The maximum atomic E-state index is 13.1. The van der Waals surface area contributed by atoms with E-state index in [0.717, 1.165) is 75.8 Å². The van der Waals surface area contributed by atoms with Crippen LogP contribution in [0.1, 0.15) is 93.5 Å². The molecule has 1 aromatic rings. The van der Waals surface area contributed by atoms with Crippen LogP contribution in [0, 0.1) is 11.8 Å². The molecule has 7 rings (SSSR count). The normalized spacial score (nSPS) is 30.9. The number of benzene rings is 1. The van der Waals surface area contributed by atoms with Crippen molar-refractivity contribution in [3.8, 4) is 5.75 Å². The summed E-state index contributed by atoms with van der Waals surface area (Å²) < 4.78 is 34.1. The Bertz CT molecular complexity index is 1400. The Labute approximate surface area is 254 Å². The third kappa shape index (κ3) is 5.19. The summed E-state index contributed by atoms with van der Waals surface area (Å²) in [7, 11) is -3.19. The Morgan fingerprint density at radius 2 is 1.67 bits per heavy atom. The van der Waals surface area contributed by atoms with E-state index in [0.29, 0.717) is 49.5 Å². The van der Waals surface area contributed by atoms with Crippen molar-refractivity contribution < 1.29 is 27.5 Å².